The second-order valence-corrected chi connectivity index (χ2v) is 13.2. The smallest absolute Gasteiger partial charge is 0.0783 e. The second kappa shape index (κ2) is 7.60. The van der Waals surface area contributed by atoms with Crippen LogP contribution in [0.25, 0.3) is 0 Å². The summed E-state index contributed by atoms with van der Waals surface area (Å²) >= 11 is 0. The maximum Gasteiger partial charge on any atom is 0.0783 e. The summed E-state index contributed by atoms with van der Waals surface area (Å²) in [4.78, 5) is 0. The van der Waals surface area contributed by atoms with Gasteiger partial charge in [-0.2, -0.15) is 0 Å². The third-order valence-electron chi connectivity index (χ3n) is 11.7. The average Bonchev–Trinajstić information content (AvgIpc) is 3.23. The lowest BCUT2D eigenvalue weighted by Crippen LogP contribution is -2.48. The van der Waals surface area contributed by atoms with E-state index in [-0.39, 0.29) is 5.60 Å². The Labute approximate surface area is 195 Å². The van der Waals surface area contributed by atoms with E-state index in [1.165, 1.54) is 63.2 Å². The van der Waals surface area contributed by atoms with Crippen LogP contribution in [0, 0.1) is 40.9 Å². The topological polar surface area (TPSA) is 41.5 Å². The van der Waals surface area contributed by atoms with Crippen LogP contribution in [-0.4, -0.2) is 29.4 Å². The van der Waals surface area contributed by atoms with Crippen molar-refractivity contribution < 1.29 is 9.84 Å². The summed E-state index contributed by atoms with van der Waals surface area (Å²) in [7, 11) is 0. The molecule has 2 heterocycles. The summed E-state index contributed by atoms with van der Waals surface area (Å²) < 4.78 is 7.03. The first kappa shape index (κ1) is 21.7. The monoisotopic (exact) mass is 439 g/mol. The minimum atomic E-state index is 0.0656. The maximum atomic E-state index is 9.62. The van der Waals surface area contributed by atoms with Crippen LogP contribution in [0.2, 0.25) is 0 Å². The third kappa shape index (κ3) is 3.05. The normalized spacial score (nSPS) is 54.2. The van der Waals surface area contributed by atoms with Gasteiger partial charge in [0.05, 0.1) is 18.0 Å². The molecule has 32 heavy (non-hydrogen) atoms. The minimum Gasteiger partial charge on any atom is -0.516 e. The highest BCUT2D eigenvalue weighted by atomic mass is 16.5. The molecular formula is C29H45NO2. The number of allylic oxidation sites excluding steroid dienone is 2. The average molecular weight is 440 g/mol. The van der Waals surface area contributed by atoms with Gasteiger partial charge in [0.2, 0.25) is 0 Å². The summed E-state index contributed by atoms with van der Waals surface area (Å²) in [5.41, 5.74) is 5.36. The first-order chi connectivity index (χ1) is 15.3. The van der Waals surface area contributed by atoms with Gasteiger partial charge in [0.1, 0.15) is 0 Å². The van der Waals surface area contributed by atoms with Crippen LogP contribution in [0.5, 0.6) is 0 Å². The predicted octanol–water partition coefficient (Wildman–Crippen LogP) is 6.55. The quantitative estimate of drug-likeness (QED) is 0.332. The molecule has 2 saturated heterocycles. The SMILES string of the molecule is CC1=C2C[C@H]3[C@@H](CC[C@@H]4C/C(=C/O)CC[C@@]43C)[C@@H]2CC[C@@]2(C1)O[C@@H]1C[C@H](C)CN[C@H]1[C@H]2C. The van der Waals surface area contributed by atoms with E-state index in [4.69, 9.17) is 4.74 Å². The molecule has 0 aromatic heterocycles. The number of hydrogen-bond donors (Lipinski definition) is 2. The summed E-state index contributed by atoms with van der Waals surface area (Å²) in [5.74, 6) is 4.67. The van der Waals surface area contributed by atoms with Crippen LogP contribution in [0.1, 0.15) is 91.9 Å². The zero-order chi connectivity index (χ0) is 22.3. The predicted molar refractivity (Wildman–Crippen MR) is 129 cm³/mol. The van der Waals surface area contributed by atoms with Crippen LogP contribution in [-0.2, 0) is 4.74 Å². The molecule has 0 unspecified atom stereocenters. The Morgan fingerprint density at radius 2 is 1.97 bits per heavy atom. The zero-order valence-corrected chi connectivity index (χ0v) is 20.8. The molecule has 5 fully saturated rings. The lowest BCUT2D eigenvalue weighted by atomic mass is 9.52. The van der Waals surface area contributed by atoms with E-state index in [2.05, 4.69) is 33.0 Å². The van der Waals surface area contributed by atoms with Crippen molar-refractivity contribution in [1.29, 1.82) is 0 Å². The zero-order valence-electron chi connectivity index (χ0n) is 20.8. The van der Waals surface area contributed by atoms with Crippen LogP contribution < -0.4 is 5.32 Å². The van der Waals surface area contributed by atoms with E-state index < -0.39 is 0 Å². The fourth-order valence-electron chi connectivity index (χ4n) is 9.79. The number of hydrogen-bond acceptors (Lipinski definition) is 3. The molecule has 0 aromatic carbocycles. The molecule has 6 rings (SSSR count). The van der Waals surface area contributed by atoms with E-state index in [0.29, 0.717) is 23.5 Å². The van der Waals surface area contributed by atoms with Crippen LogP contribution in [0.3, 0.4) is 0 Å². The molecule has 1 spiro atoms. The summed E-state index contributed by atoms with van der Waals surface area (Å²) in [5, 5.41) is 13.5. The molecular weight excluding hydrogens is 394 g/mol. The van der Waals surface area contributed by atoms with Gasteiger partial charge in [0.15, 0.2) is 0 Å². The molecule has 3 heteroatoms. The van der Waals surface area contributed by atoms with Crippen LogP contribution in [0.4, 0.5) is 0 Å². The number of rotatable bonds is 0. The molecule has 0 bridgehead atoms. The maximum absolute atomic E-state index is 9.62. The lowest BCUT2D eigenvalue weighted by Gasteiger charge is -2.53. The molecule has 10 atom stereocenters. The Balaban J connectivity index is 1.27. The number of ether oxygens (including phenoxy) is 1. The van der Waals surface area contributed by atoms with E-state index in [1.807, 2.05) is 5.57 Å². The molecule has 178 valence electrons. The standard InChI is InChI=1S/C29H45NO2/c1-17-11-26-27(30-15-17)19(3)29(32-26)10-8-22-23-6-5-21-12-20(16-31)7-9-28(21,4)25(23)13-24(22)18(2)14-29/h16-17,19,21-23,25-27,30-31H,5-15H2,1-4H3/b20-16+/t17-,19+,21+,22-,23-,25-,26+,27-,28-,29-/m0/s1. The fraction of sp³-hybridized carbons (Fsp3) is 0.862. The number of aliphatic hydroxyl groups excluding tert-OH is 1. The van der Waals surface area contributed by atoms with Crippen molar-refractivity contribution >= 4 is 0 Å². The molecule has 3 nitrogen and oxygen atoms in total. The van der Waals surface area contributed by atoms with Gasteiger partial charge >= 0.3 is 0 Å². The first-order valence-electron chi connectivity index (χ1n) is 13.8. The largest absolute Gasteiger partial charge is 0.516 e. The Kier molecular flexibility index (Phi) is 5.16. The molecule has 3 saturated carbocycles. The van der Waals surface area contributed by atoms with Crippen LogP contribution >= 0.6 is 0 Å². The van der Waals surface area contributed by atoms with Gasteiger partial charge in [-0.3, -0.25) is 0 Å². The van der Waals surface area contributed by atoms with Gasteiger partial charge < -0.3 is 15.2 Å². The fourth-order valence-corrected chi connectivity index (χ4v) is 9.79. The number of fused-ring (bicyclic) bond motifs is 6. The van der Waals surface area contributed by atoms with E-state index in [0.717, 1.165) is 49.0 Å². The molecule has 0 aromatic rings. The van der Waals surface area contributed by atoms with Crippen molar-refractivity contribution in [2.75, 3.05) is 6.54 Å². The highest BCUT2D eigenvalue weighted by Gasteiger charge is 2.59. The highest BCUT2D eigenvalue weighted by molar-refractivity contribution is 5.29. The Hall–Kier alpha value is -0.800. The molecule has 4 aliphatic carbocycles. The third-order valence-corrected chi connectivity index (χ3v) is 11.7. The second-order valence-electron chi connectivity index (χ2n) is 13.2. The van der Waals surface area contributed by atoms with Gasteiger partial charge in [-0.25, -0.2) is 0 Å². The highest BCUT2D eigenvalue weighted by Crippen LogP contribution is 2.65. The molecule has 2 N–H and O–H groups in total. The van der Waals surface area contributed by atoms with Crippen molar-refractivity contribution in [3.05, 3.63) is 23.0 Å². The van der Waals surface area contributed by atoms with Crippen molar-refractivity contribution in [3.63, 3.8) is 0 Å². The van der Waals surface area contributed by atoms with Gasteiger partial charge in [0, 0.05) is 12.0 Å². The van der Waals surface area contributed by atoms with Crippen molar-refractivity contribution in [3.8, 4) is 0 Å². The van der Waals surface area contributed by atoms with Gasteiger partial charge in [0.25, 0.3) is 0 Å². The number of aliphatic hydroxyl groups is 1. The Bertz CT molecular complexity index is 831. The summed E-state index contributed by atoms with van der Waals surface area (Å²) in [6.07, 6.45) is 14.5. The summed E-state index contributed by atoms with van der Waals surface area (Å²) in [6, 6.07) is 0.556. The van der Waals surface area contributed by atoms with Crippen molar-refractivity contribution in [2.45, 2.75) is 110 Å². The molecule has 0 radical (unpaired) electrons. The first-order valence-corrected chi connectivity index (χ1v) is 13.8. The van der Waals surface area contributed by atoms with E-state index in [1.54, 1.807) is 5.57 Å². The molecule has 6 aliphatic rings. The van der Waals surface area contributed by atoms with Gasteiger partial charge in [-0.15, -0.1) is 0 Å². The number of nitrogens with one attached hydrogen (secondary N) is 1. The Morgan fingerprint density at radius 1 is 1.12 bits per heavy atom. The molecule has 2 aliphatic heterocycles. The number of piperidine rings is 1. The lowest BCUT2D eigenvalue weighted by molar-refractivity contribution is -0.0737. The molecule has 0 amide bonds. The van der Waals surface area contributed by atoms with Gasteiger partial charge in [-0.05, 0) is 118 Å². The van der Waals surface area contributed by atoms with Crippen LogP contribution in [0.15, 0.2) is 23.0 Å². The van der Waals surface area contributed by atoms with E-state index >= 15 is 0 Å². The summed E-state index contributed by atoms with van der Waals surface area (Å²) in [6.45, 7) is 11.1. The van der Waals surface area contributed by atoms with Crippen molar-refractivity contribution in [2.24, 2.45) is 40.9 Å². The van der Waals surface area contributed by atoms with E-state index in [9.17, 15) is 5.11 Å². The Morgan fingerprint density at radius 3 is 2.78 bits per heavy atom. The van der Waals surface area contributed by atoms with Crippen molar-refractivity contribution in [1.82, 2.24) is 5.32 Å². The minimum absolute atomic E-state index is 0.0656. The van der Waals surface area contributed by atoms with Gasteiger partial charge in [-0.1, -0.05) is 31.9 Å².